The van der Waals surface area contributed by atoms with E-state index in [0.29, 0.717) is 0 Å². The minimum absolute atomic E-state index is 0.207. The Balaban J connectivity index is 1.78. The lowest BCUT2D eigenvalue weighted by Crippen LogP contribution is -2.23. The molecule has 5 rings (SSSR count). The van der Waals surface area contributed by atoms with Crippen LogP contribution in [0.2, 0.25) is 0 Å². The molecule has 0 amide bonds. The number of hydrogen-bond acceptors (Lipinski definition) is 1. The van der Waals surface area contributed by atoms with Gasteiger partial charge in [-0.25, -0.2) is 0 Å². The topological polar surface area (TPSA) is 3.24 Å². The maximum Gasteiger partial charge on any atom is 0.0791 e. The summed E-state index contributed by atoms with van der Waals surface area (Å²) >= 11 is 0. The second-order valence-electron chi connectivity index (χ2n) is 7.82. The van der Waals surface area contributed by atoms with Gasteiger partial charge in [0.2, 0.25) is 0 Å². The van der Waals surface area contributed by atoms with Gasteiger partial charge in [0.05, 0.1) is 6.04 Å². The summed E-state index contributed by atoms with van der Waals surface area (Å²) in [5.41, 5.74) is 12.7. The van der Waals surface area contributed by atoms with E-state index in [1.54, 1.807) is 0 Å². The molecule has 2 aliphatic rings. The fourth-order valence-electron chi connectivity index (χ4n) is 4.39. The van der Waals surface area contributed by atoms with Gasteiger partial charge in [-0.3, -0.25) is 0 Å². The van der Waals surface area contributed by atoms with Gasteiger partial charge in [-0.2, -0.15) is 0 Å². The molecule has 1 nitrogen and oxygen atoms in total. The van der Waals surface area contributed by atoms with Crippen LogP contribution in [0.1, 0.15) is 45.0 Å². The van der Waals surface area contributed by atoms with Gasteiger partial charge in [-0.15, -0.1) is 0 Å². The predicted octanol–water partition coefficient (Wildman–Crippen LogP) is 6.59. The average Bonchev–Trinajstić information content (AvgIpc) is 2.93. The molecule has 27 heavy (non-hydrogen) atoms. The Morgan fingerprint density at radius 1 is 0.741 bits per heavy atom. The van der Waals surface area contributed by atoms with Crippen LogP contribution in [0.15, 0.2) is 73.3 Å². The van der Waals surface area contributed by atoms with E-state index in [1.807, 2.05) is 0 Å². The summed E-state index contributed by atoms with van der Waals surface area (Å²) in [6.45, 7) is 10.9. The van der Waals surface area contributed by atoms with Crippen LogP contribution in [0.4, 0.5) is 5.69 Å². The summed E-state index contributed by atoms with van der Waals surface area (Å²) in [7, 11) is 0. The SMILES string of the molecule is C=C1c2ccc(C)cc2C2C=C(c3ccc(C)cc3)c3cc(C)ccc3N12. The van der Waals surface area contributed by atoms with Gasteiger partial charge in [-0.05, 0) is 55.7 Å². The minimum atomic E-state index is 0.207. The van der Waals surface area contributed by atoms with Gasteiger partial charge in [0.25, 0.3) is 0 Å². The van der Waals surface area contributed by atoms with Crippen molar-refractivity contribution < 1.29 is 0 Å². The van der Waals surface area contributed by atoms with Crippen LogP contribution in [-0.2, 0) is 0 Å². The monoisotopic (exact) mass is 349 g/mol. The molecule has 0 bridgehead atoms. The summed E-state index contributed by atoms with van der Waals surface area (Å²) in [5, 5.41) is 0. The molecule has 132 valence electrons. The van der Waals surface area contributed by atoms with Gasteiger partial charge in [0, 0.05) is 22.5 Å². The minimum Gasteiger partial charge on any atom is -0.330 e. The molecule has 1 atom stereocenters. The van der Waals surface area contributed by atoms with E-state index in [2.05, 4.69) is 99.0 Å². The third-order valence-corrected chi connectivity index (χ3v) is 5.79. The lowest BCUT2D eigenvalue weighted by molar-refractivity contribution is 0.886. The molecule has 2 aliphatic heterocycles. The van der Waals surface area contributed by atoms with Crippen LogP contribution in [0, 0.1) is 20.8 Å². The van der Waals surface area contributed by atoms with Gasteiger partial charge in [0.1, 0.15) is 0 Å². The van der Waals surface area contributed by atoms with Crippen molar-refractivity contribution >= 4 is 17.0 Å². The highest BCUT2D eigenvalue weighted by Crippen LogP contribution is 2.51. The predicted molar refractivity (Wildman–Crippen MR) is 115 cm³/mol. The molecular formula is C26H23N. The van der Waals surface area contributed by atoms with Crippen molar-refractivity contribution in [2.24, 2.45) is 0 Å². The summed E-state index contributed by atoms with van der Waals surface area (Å²) in [5.74, 6) is 0. The second-order valence-corrected chi connectivity index (χ2v) is 7.82. The van der Waals surface area contributed by atoms with Gasteiger partial charge >= 0.3 is 0 Å². The number of anilines is 1. The van der Waals surface area contributed by atoms with E-state index in [4.69, 9.17) is 0 Å². The maximum atomic E-state index is 4.44. The molecule has 0 saturated heterocycles. The molecule has 2 heterocycles. The first-order valence-electron chi connectivity index (χ1n) is 9.52. The van der Waals surface area contributed by atoms with Crippen LogP contribution in [-0.4, -0.2) is 0 Å². The zero-order valence-electron chi connectivity index (χ0n) is 16.1. The molecule has 0 saturated carbocycles. The molecule has 0 aliphatic carbocycles. The Bertz CT molecular complexity index is 1120. The van der Waals surface area contributed by atoms with Crippen molar-refractivity contribution in [3.05, 3.63) is 112 Å². The molecule has 0 fully saturated rings. The normalized spacial score (nSPS) is 17.3. The van der Waals surface area contributed by atoms with Crippen molar-refractivity contribution in [1.82, 2.24) is 0 Å². The Morgan fingerprint density at radius 3 is 2.19 bits per heavy atom. The summed E-state index contributed by atoms with van der Waals surface area (Å²) in [6, 6.07) is 22.6. The van der Waals surface area contributed by atoms with Crippen LogP contribution >= 0.6 is 0 Å². The van der Waals surface area contributed by atoms with E-state index < -0.39 is 0 Å². The van der Waals surface area contributed by atoms with Crippen LogP contribution in [0.5, 0.6) is 0 Å². The van der Waals surface area contributed by atoms with E-state index in [1.165, 1.54) is 50.2 Å². The van der Waals surface area contributed by atoms with Crippen molar-refractivity contribution in [3.8, 4) is 0 Å². The number of rotatable bonds is 1. The molecule has 1 unspecified atom stereocenters. The highest BCUT2D eigenvalue weighted by Gasteiger charge is 2.37. The van der Waals surface area contributed by atoms with Crippen molar-refractivity contribution in [1.29, 1.82) is 0 Å². The molecule has 0 N–H and O–H groups in total. The number of benzene rings is 3. The zero-order chi connectivity index (χ0) is 18.7. The Morgan fingerprint density at radius 2 is 1.41 bits per heavy atom. The Labute approximate surface area is 161 Å². The Hall–Kier alpha value is -3.06. The average molecular weight is 349 g/mol. The Kier molecular flexibility index (Phi) is 3.42. The highest BCUT2D eigenvalue weighted by molar-refractivity contribution is 5.98. The van der Waals surface area contributed by atoms with Crippen molar-refractivity contribution in [2.75, 3.05) is 4.90 Å². The van der Waals surface area contributed by atoms with Crippen molar-refractivity contribution in [3.63, 3.8) is 0 Å². The molecule has 3 aromatic rings. The standard InChI is InChI=1S/C26H23N/c1-16-5-9-20(10-6-16)22-15-26-23-13-17(2)7-11-21(23)19(4)27(26)25-12-8-18(3)14-24(22)25/h5-15,26H,4H2,1-3H3. The summed E-state index contributed by atoms with van der Waals surface area (Å²) in [4.78, 5) is 2.40. The highest BCUT2D eigenvalue weighted by atomic mass is 15.2. The zero-order valence-corrected chi connectivity index (χ0v) is 16.1. The van der Waals surface area contributed by atoms with Crippen molar-refractivity contribution in [2.45, 2.75) is 26.8 Å². The first kappa shape index (κ1) is 16.1. The lowest BCUT2D eigenvalue weighted by Gasteiger charge is -2.34. The fraction of sp³-hybridized carbons (Fsp3) is 0.154. The number of fused-ring (bicyclic) bond motifs is 5. The van der Waals surface area contributed by atoms with Gasteiger partial charge < -0.3 is 4.90 Å². The second kappa shape index (κ2) is 5.72. The van der Waals surface area contributed by atoms with E-state index in [-0.39, 0.29) is 6.04 Å². The molecule has 0 radical (unpaired) electrons. The van der Waals surface area contributed by atoms with Gasteiger partial charge in [0.15, 0.2) is 0 Å². The quantitative estimate of drug-likeness (QED) is 0.479. The van der Waals surface area contributed by atoms with E-state index in [0.717, 1.165) is 5.70 Å². The van der Waals surface area contributed by atoms with E-state index in [9.17, 15) is 0 Å². The number of nitrogens with zero attached hydrogens (tertiary/aromatic N) is 1. The third-order valence-electron chi connectivity index (χ3n) is 5.79. The smallest absolute Gasteiger partial charge is 0.0791 e. The molecule has 3 aromatic carbocycles. The van der Waals surface area contributed by atoms with Crippen LogP contribution in [0.3, 0.4) is 0 Å². The number of aryl methyl sites for hydroxylation is 3. The van der Waals surface area contributed by atoms with Gasteiger partial charge in [-0.1, -0.05) is 71.8 Å². The largest absolute Gasteiger partial charge is 0.330 e. The van der Waals surface area contributed by atoms with E-state index >= 15 is 0 Å². The lowest BCUT2D eigenvalue weighted by atomic mass is 9.88. The molecule has 0 spiro atoms. The maximum absolute atomic E-state index is 4.44. The van der Waals surface area contributed by atoms with Crippen LogP contribution < -0.4 is 4.90 Å². The molecular weight excluding hydrogens is 326 g/mol. The molecule has 1 heteroatoms. The summed E-state index contributed by atoms with van der Waals surface area (Å²) in [6.07, 6.45) is 2.42. The fourth-order valence-corrected chi connectivity index (χ4v) is 4.39. The molecule has 0 aromatic heterocycles. The number of hydrogen-bond donors (Lipinski definition) is 0. The third kappa shape index (κ3) is 2.39. The summed E-state index contributed by atoms with van der Waals surface area (Å²) < 4.78 is 0. The van der Waals surface area contributed by atoms with Crippen LogP contribution in [0.25, 0.3) is 11.3 Å². The first-order valence-corrected chi connectivity index (χ1v) is 9.52. The first-order chi connectivity index (χ1) is 13.0.